The molecule has 0 fully saturated rings. The molecule has 0 bridgehead atoms. The molecule has 0 radical (unpaired) electrons. The number of nitrogen functional groups attached to an aromatic ring is 1. The van der Waals surface area contributed by atoms with Crippen molar-refractivity contribution in [2.75, 3.05) is 5.73 Å². The molecule has 0 atom stereocenters. The maximum atomic E-state index is 12.5. The number of tetrazole rings is 1. The highest BCUT2D eigenvalue weighted by molar-refractivity contribution is 5.80. The van der Waals surface area contributed by atoms with Crippen LogP contribution in [0.1, 0.15) is 24.6 Å². The summed E-state index contributed by atoms with van der Waals surface area (Å²) in [5, 5.41) is 14.3. The van der Waals surface area contributed by atoms with Crippen molar-refractivity contribution in [3.05, 3.63) is 82.3 Å². The second-order valence-electron chi connectivity index (χ2n) is 6.93. The molecule has 0 saturated heterocycles. The molecule has 0 amide bonds. The third-order valence-electron chi connectivity index (χ3n) is 4.86. The monoisotopic (exact) mass is 386 g/mol. The van der Waals surface area contributed by atoms with Gasteiger partial charge in [-0.2, -0.15) is 5.21 Å². The predicted molar refractivity (Wildman–Crippen MR) is 113 cm³/mol. The minimum absolute atomic E-state index is 0.0695. The van der Waals surface area contributed by atoms with Crippen LogP contribution in [0.5, 0.6) is 0 Å². The summed E-state index contributed by atoms with van der Waals surface area (Å²) in [5.41, 5.74) is 11.3. The molecule has 0 unspecified atom stereocenters. The van der Waals surface area contributed by atoms with E-state index in [-0.39, 0.29) is 5.56 Å². The number of aryl methyl sites for hydroxylation is 1. The summed E-state index contributed by atoms with van der Waals surface area (Å²) >= 11 is 0. The summed E-state index contributed by atoms with van der Waals surface area (Å²) in [6.45, 7) is 2.61. The molecule has 146 valence electrons. The summed E-state index contributed by atoms with van der Waals surface area (Å²) < 4.78 is 1.79. The normalized spacial score (nSPS) is 10.9. The molecule has 2 aromatic heterocycles. The van der Waals surface area contributed by atoms with Crippen LogP contribution in [0.2, 0.25) is 0 Å². The lowest BCUT2D eigenvalue weighted by atomic mass is 9.98. The number of anilines is 1. The first kappa shape index (κ1) is 18.6. The van der Waals surface area contributed by atoms with Gasteiger partial charge in [0.1, 0.15) is 0 Å². The van der Waals surface area contributed by atoms with E-state index in [4.69, 9.17) is 5.73 Å². The molecular formula is C22H22N6O. The Labute approximate surface area is 168 Å². The Kier molecular flexibility index (Phi) is 5.20. The van der Waals surface area contributed by atoms with Crippen molar-refractivity contribution >= 4 is 5.69 Å². The second-order valence-corrected chi connectivity index (χ2v) is 6.93. The van der Waals surface area contributed by atoms with E-state index in [9.17, 15) is 4.79 Å². The van der Waals surface area contributed by atoms with Crippen molar-refractivity contribution in [2.45, 2.75) is 26.3 Å². The number of nitrogens with zero attached hydrogens (tertiary/aromatic N) is 4. The van der Waals surface area contributed by atoms with Gasteiger partial charge in [-0.15, -0.1) is 10.2 Å². The third-order valence-corrected chi connectivity index (χ3v) is 4.86. The highest BCUT2D eigenvalue weighted by atomic mass is 16.1. The molecule has 0 aliphatic rings. The zero-order valence-corrected chi connectivity index (χ0v) is 16.2. The maximum absolute atomic E-state index is 12.5. The number of H-pyrrole nitrogens is 1. The molecule has 0 saturated carbocycles. The van der Waals surface area contributed by atoms with Crippen molar-refractivity contribution < 1.29 is 0 Å². The van der Waals surface area contributed by atoms with E-state index in [1.54, 1.807) is 4.57 Å². The summed E-state index contributed by atoms with van der Waals surface area (Å²) in [5.74, 6) is 0.558. The second kappa shape index (κ2) is 8.10. The average Bonchev–Trinajstić information content (AvgIpc) is 3.26. The molecule has 0 spiro atoms. The number of benzene rings is 2. The Morgan fingerprint density at radius 2 is 1.79 bits per heavy atom. The molecule has 7 nitrogen and oxygen atoms in total. The SMILES string of the molecule is CCCc1cc(N)cc(=O)n1Cc1ccc(-c2ccccc2-c2nn[nH]n2)cc1. The molecule has 7 heteroatoms. The van der Waals surface area contributed by atoms with Crippen molar-refractivity contribution in [1.29, 1.82) is 0 Å². The highest BCUT2D eigenvalue weighted by Crippen LogP contribution is 2.29. The minimum Gasteiger partial charge on any atom is -0.399 e. The van der Waals surface area contributed by atoms with Crippen LogP contribution in [-0.4, -0.2) is 25.2 Å². The van der Waals surface area contributed by atoms with E-state index in [2.05, 4.69) is 39.7 Å². The topological polar surface area (TPSA) is 102 Å². The smallest absolute Gasteiger partial charge is 0.253 e. The zero-order valence-electron chi connectivity index (χ0n) is 16.2. The third kappa shape index (κ3) is 3.94. The van der Waals surface area contributed by atoms with E-state index < -0.39 is 0 Å². The molecule has 2 heterocycles. The molecule has 0 aliphatic heterocycles. The first-order chi connectivity index (χ1) is 14.2. The van der Waals surface area contributed by atoms with Gasteiger partial charge in [0.05, 0.1) is 6.54 Å². The fourth-order valence-corrected chi connectivity index (χ4v) is 3.49. The standard InChI is InChI=1S/C22H22N6O/c1-2-5-18-12-17(23)13-21(29)28(18)14-15-8-10-16(11-9-15)19-6-3-4-7-20(19)22-24-26-27-25-22/h3-4,6-13H,2,5,14,23H2,1H3,(H,24,25,26,27). The van der Waals surface area contributed by atoms with E-state index in [0.717, 1.165) is 40.8 Å². The molecule has 3 N–H and O–H groups in total. The van der Waals surface area contributed by atoms with Gasteiger partial charge in [-0.05, 0) is 34.4 Å². The van der Waals surface area contributed by atoms with Crippen LogP contribution in [-0.2, 0) is 13.0 Å². The summed E-state index contributed by atoms with van der Waals surface area (Å²) in [6.07, 6.45) is 1.77. The number of rotatable bonds is 6. The van der Waals surface area contributed by atoms with Crippen molar-refractivity contribution in [1.82, 2.24) is 25.2 Å². The van der Waals surface area contributed by atoms with Gasteiger partial charge in [0.25, 0.3) is 5.56 Å². The van der Waals surface area contributed by atoms with Gasteiger partial charge in [-0.3, -0.25) is 4.79 Å². The van der Waals surface area contributed by atoms with E-state index >= 15 is 0 Å². The van der Waals surface area contributed by atoms with Gasteiger partial charge >= 0.3 is 0 Å². The van der Waals surface area contributed by atoms with Gasteiger partial charge in [0, 0.05) is 23.0 Å². The minimum atomic E-state index is -0.0695. The number of nitrogens with two attached hydrogens (primary N) is 1. The Bertz CT molecular complexity index is 1160. The summed E-state index contributed by atoms with van der Waals surface area (Å²) in [7, 11) is 0. The van der Waals surface area contributed by atoms with Gasteiger partial charge in [-0.25, -0.2) is 0 Å². The lowest BCUT2D eigenvalue weighted by Gasteiger charge is -2.14. The van der Waals surface area contributed by atoms with Crippen LogP contribution >= 0.6 is 0 Å². The maximum Gasteiger partial charge on any atom is 0.253 e. The van der Waals surface area contributed by atoms with Crippen molar-refractivity contribution in [2.24, 2.45) is 0 Å². The fourth-order valence-electron chi connectivity index (χ4n) is 3.49. The quantitative estimate of drug-likeness (QED) is 0.529. The van der Waals surface area contributed by atoms with Crippen molar-refractivity contribution in [3.63, 3.8) is 0 Å². The van der Waals surface area contributed by atoms with Crippen LogP contribution in [0, 0.1) is 0 Å². The Balaban J connectivity index is 1.65. The number of pyridine rings is 1. The number of hydrogen-bond donors (Lipinski definition) is 2. The van der Waals surface area contributed by atoms with Gasteiger partial charge < -0.3 is 10.3 Å². The molecule has 4 aromatic rings. The van der Waals surface area contributed by atoms with Gasteiger partial charge in [-0.1, -0.05) is 61.9 Å². The lowest BCUT2D eigenvalue weighted by Crippen LogP contribution is -2.24. The molecule has 4 rings (SSSR count). The van der Waals surface area contributed by atoms with Crippen molar-refractivity contribution in [3.8, 4) is 22.5 Å². The Hall–Kier alpha value is -3.74. The lowest BCUT2D eigenvalue weighted by molar-refractivity contribution is 0.688. The van der Waals surface area contributed by atoms with Crippen LogP contribution < -0.4 is 11.3 Å². The summed E-state index contributed by atoms with van der Waals surface area (Å²) in [6, 6.07) is 19.5. The fraction of sp³-hybridized carbons (Fsp3) is 0.182. The largest absolute Gasteiger partial charge is 0.399 e. The molecular weight excluding hydrogens is 364 g/mol. The Morgan fingerprint density at radius 3 is 2.48 bits per heavy atom. The van der Waals surface area contributed by atoms with Crippen LogP contribution in [0.25, 0.3) is 22.5 Å². The first-order valence-electron chi connectivity index (χ1n) is 9.57. The molecule has 0 aliphatic carbocycles. The molecule has 29 heavy (non-hydrogen) atoms. The van der Waals surface area contributed by atoms with Crippen LogP contribution in [0.4, 0.5) is 5.69 Å². The number of aromatic amines is 1. The highest BCUT2D eigenvalue weighted by Gasteiger charge is 2.11. The van der Waals surface area contributed by atoms with Crippen LogP contribution in [0.15, 0.2) is 65.5 Å². The van der Waals surface area contributed by atoms with E-state index in [1.165, 1.54) is 6.07 Å². The number of hydrogen-bond acceptors (Lipinski definition) is 5. The average molecular weight is 386 g/mol. The zero-order chi connectivity index (χ0) is 20.2. The number of aromatic nitrogens is 5. The predicted octanol–water partition coefficient (Wildman–Crippen LogP) is 3.28. The van der Waals surface area contributed by atoms with Gasteiger partial charge in [0.2, 0.25) is 5.82 Å². The summed E-state index contributed by atoms with van der Waals surface area (Å²) in [4.78, 5) is 12.5. The molecule has 2 aromatic carbocycles. The Morgan fingerprint density at radius 1 is 1.03 bits per heavy atom. The van der Waals surface area contributed by atoms with Crippen LogP contribution in [0.3, 0.4) is 0 Å². The van der Waals surface area contributed by atoms with E-state index in [0.29, 0.717) is 18.1 Å². The van der Waals surface area contributed by atoms with Gasteiger partial charge in [0.15, 0.2) is 0 Å². The first-order valence-corrected chi connectivity index (χ1v) is 9.57. The van der Waals surface area contributed by atoms with E-state index in [1.807, 2.05) is 42.5 Å². The number of nitrogens with one attached hydrogen (secondary N) is 1.